The molecular weight excluding hydrogens is 216 g/mol. The van der Waals surface area contributed by atoms with Crippen LogP contribution in [0.15, 0.2) is 0 Å². The lowest BCUT2D eigenvalue weighted by molar-refractivity contribution is -0.130. The van der Waals surface area contributed by atoms with E-state index in [9.17, 15) is 4.79 Å². The summed E-state index contributed by atoms with van der Waals surface area (Å²) in [7, 11) is 1.77. The van der Waals surface area contributed by atoms with Crippen LogP contribution in [0.2, 0.25) is 0 Å². The molecule has 4 nitrogen and oxygen atoms in total. The Morgan fingerprint density at radius 3 is 2.82 bits per heavy atom. The van der Waals surface area contributed by atoms with Gasteiger partial charge in [0.1, 0.15) is 0 Å². The highest BCUT2D eigenvalue weighted by atomic mass is 16.5. The number of carbonyl (C=O) groups is 1. The minimum Gasteiger partial charge on any atom is -0.381 e. The summed E-state index contributed by atoms with van der Waals surface area (Å²) < 4.78 is 5.39. The highest BCUT2D eigenvalue weighted by Gasteiger charge is 2.39. The van der Waals surface area contributed by atoms with Gasteiger partial charge in [-0.15, -0.1) is 0 Å². The van der Waals surface area contributed by atoms with Gasteiger partial charge >= 0.3 is 0 Å². The summed E-state index contributed by atoms with van der Waals surface area (Å²) >= 11 is 0. The fraction of sp³-hybridized carbons (Fsp3) is 0.923. The summed E-state index contributed by atoms with van der Waals surface area (Å²) in [5.74, 6) is 0.873. The van der Waals surface area contributed by atoms with Gasteiger partial charge in [0.2, 0.25) is 5.91 Å². The third-order valence-electron chi connectivity index (χ3n) is 3.89. The van der Waals surface area contributed by atoms with Gasteiger partial charge in [-0.3, -0.25) is 10.1 Å². The Hall–Kier alpha value is -0.610. The Labute approximate surface area is 104 Å². The molecule has 0 radical (unpaired) electrons. The number of methoxy groups -OCH3 is 1. The van der Waals surface area contributed by atoms with Crippen molar-refractivity contribution < 1.29 is 9.53 Å². The standard InChI is InChI=1S/C13H24N2O2/c1-9(2)6-12-14-8-13(16)15(12)10-4-5-11(7-10)17-3/h9-12,14H,4-8H2,1-3H3. The second kappa shape index (κ2) is 5.36. The zero-order valence-electron chi connectivity index (χ0n) is 11.1. The highest BCUT2D eigenvalue weighted by molar-refractivity contribution is 5.81. The van der Waals surface area contributed by atoms with Gasteiger partial charge in [0.25, 0.3) is 0 Å². The lowest BCUT2D eigenvalue weighted by Crippen LogP contribution is -2.44. The van der Waals surface area contributed by atoms with Gasteiger partial charge in [-0.05, 0) is 31.6 Å². The van der Waals surface area contributed by atoms with E-state index in [1.54, 1.807) is 7.11 Å². The predicted octanol–water partition coefficient (Wildman–Crippen LogP) is 1.36. The maximum atomic E-state index is 12.0. The molecule has 2 rings (SSSR count). The first-order valence-corrected chi connectivity index (χ1v) is 6.69. The number of rotatable bonds is 4. The van der Waals surface area contributed by atoms with Gasteiger partial charge in [0, 0.05) is 13.2 Å². The number of hydrogen-bond donors (Lipinski definition) is 1. The van der Waals surface area contributed by atoms with Crippen LogP contribution in [-0.2, 0) is 9.53 Å². The molecule has 98 valence electrons. The molecule has 1 aliphatic carbocycles. The molecule has 1 saturated heterocycles. The second-order valence-corrected chi connectivity index (χ2v) is 5.65. The van der Waals surface area contributed by atoms with Crippen molar-refractivity contribution in [1.29, 1.82) is 0 Å². The van der Waals surface area contributed by atoms with Crippen LogP contribution in [0.1, 0.15) is 39.5 Å². The van der Waals surface area contributed by atoms with Gasteiger partial charge in [-0.1, -0.05) is 13.8 Å². The molecule has 0 aromatic heterocycles. The van der Waals surface area contributed by atoms with Crippen molar-refractivity contribution in [2.24, 2.45) is 5.92 Å². The first kappa shape index (κ1) is 12.8. The van der Waals surface area contributed by atoms with E-state index in [-0.39, 0.29) is 12.1 Å². The molecule has 4 heteroatoms. The summed E-state index contributed by atoms with van der Waals surface area (Å²) in [4.78, 5) is 14.1. The van der Waals surface area contributed by atoms with E-state index in [1.165, 1.54) is 0 Å². The second-order valence-electron chi connectivity index (χ2n) is 5.65. The van der Waals surface area contributed by atoms with E-state index in [2.05, 4.69) is 24.1 Å². The van der Waals surface area contributed by atoms with Crippen LogP contribution >= 0.6 is 0 Å². The van der Waals surface area contributed by atoms with E-state index in [1.807, 2.05) is 0 Å². The number of carbonyl (C=O) groups excluding carboxylic acids is 1. The summed E-state index contributed by atoms with van der Waals surface area (Å²) in [5, 5.41) is 3.33. The van der Waals surface area contributed by atoms with Crippen molar-refractivity contribution in [3.63, 3.8) is 0 Å². The van der Waals surface area contributed by atoms with Gasteiger partial charge < -0.3 is 9.64 Å². The molecule has 1 saturated carbocycles. The average Bonchev–Trinajstić information content (AvgIpc) is 2.85. The molecule has 17 heavy (non-hydrogen) atoms. The molecule has 0 aromatic carbocycles. The summed E-state index contributed by atoms with van der Waals surface area (Å²) in [5.41, 5.74) is 0. The van der Waals surface area contributed by atoms with Crippen LogP contribution in [0.4, 0.5) is 0 Å². The Bertz CT molecular complexity index is 281. The molecule has 2 fully saturated rings. The summed E-state index contributed by atoms with van der Waals surface area (Å²) in [6.07, 6.45) is 4.79. The van der Waals surface area contributed by atoms with Crippen molar-refractivity contribution in [1.82, 2.24) is 10.2 Å². The molecule has 1 heterocycles. The quantitative estimate of drug-likeness (QED) is 0.806. The minimum atomic E-state index is 0.239. The van der Waals surface area contributed by atoms with Gasteiger partial charge in [-0.25, -0.2) is 0 Å². The van der Waals surface area contributed by atoms with Crippen LogP contribution in [0, 0.1) is 5.92 Å². The fourth-order valence-corrected chi connectivity index (χ4v) is 3.05. The van der Waals surface area contributed by atoms with E-state index < -0.39 is 0 Å². The van der Waals surface area contributed by atoms with Crippen LogP contribution in [0.25, 0.3) is 0 Å². The fourth-order valence-electron chi connectivity index (χ4n) is 3.05. The van der Waals surface area contributed by atoms with E-state index >= 15 is 0 Å². The lowest BCUT2D eigenvalue weighted by atomic mass is 10.1. The van der Waals surface area contributed by atoms with Crippen molar-refractivity contribution in [2.75, 3.05) is 13.7 Å². The number of nitrogens with zero attached hydrogens (tertiary/aromatic N) is 1. The topological polar surface area (TPSA) is 41.6 Å². The third-order valence-corrected chi connectivity index (χ3v) is 3.89. The Morgan fingerprint density at radius 2 is 2.24 bits per heavy atom. The Morgan fingerprint density at radius 1 is 1.47 bits per heavy atom. The van der Waals surface area contributed by atoms with E-state index in [0.717, 1.165) is 25.7 Å². The maximum Gasteiger partial charge on any atom is 0.238 e. The Balaban J connectivity index is 1.99. The van der Waals surface area contributed by atoms with E-state index in [0.29, 0.717) is 24.6 Å². The first-order chi connectivity index (χ1) is 8.11. The van der Waals surface area contributed by atoms with Crippen LogP contribution in [0.5, 0.6) is 0 Å². The third kappa shape index (κ3) is 2.80. The van der Waals surface area contributed by atoms with E-state index in [4.69, 9.17) is 4.74 Å². The summed E-state index contributed by atoms with van der Waals surface area (Å²) in [6, 6.07) is 0.381. The minimum absolute atomic E-state index is 0.239. The molecule has 1 amide bonds. The number of hydrogen-bond acceptors (Lipinski definition) is 3. The Kier molecular flexibility index (Phi) is 4.05. The largest absolute Gasteiger partial charge is 0.381 e. The van der Waals surface area contributed by atoms with Crippen molar-refractivity contribution in [3.8, 4) is 0 Å². The van der Waals surface area contributed by atoms with Crippen molar-refractivity contribution >= 4 is 5.91 Å². The highest BCUT2D eigenvalue weighted by Crippen LogP contribution is 2.29. The maximum absolute atomic E-state index is 12.0. The van der Waals surface area contributed by atoms with Crippen LogP contribution < -0.4 is 5.32 Å². The van der Waals surface area contributed by atoms with Crippen molar-refractivity contribution in [2.45, 2.75) is 57.8 Å². The smallest absolute Gasteiger partial charge is 0.238 e. The SMILES string of the molecule is COC1CCC(N2C(=O)CNC2CC(C)C)C1. The average molecular weight is 240 g/mol. The number of amides is 1. The first-order valence-electron chi connectivity index (χ1n) is 6.69. The van der Waals surface area contributed by atoms with Gasteiger partial charge in [-0.2, -0.15) is 0 Å². The zero-order chi connectivity index (χ0) is 12.4. The lowest BCUT2D eigenvalue weighted by Gasteiger charge is -2.31. The molecule has 1 aliphatic heterocycles. The van der Waals surface area contributed by atoms with Gasteiger partial charge in [0.15, 0.2) is 0 Å². The normalized spacial score (nSPS) is 34.0. The van der Waals surface area contributed by atoms with Crippen LogP contribution in [0.3, 0.4) is 0 Å². The molecule has 1 N–H and O–H groups in total. The van der Waals surface area contributed by atoms with Gasteiger partial charge in [0.05, 0.1) is 18.8 Å². The summed E-state index contributed by atoms with van der Waals surface area (Å²) in [6.45, 7) is 4.91. The molecule has 0 bridgehead atoms. The molecular formula is C13H24N2O2. The molecule has 3 atom stereocenters. The predicted molar refractivity (Wildman–Crippen MR) is 66.5 cm³/mol. The number of ether oxygens (including phenoxy) is 1. The monoisotopic (exact) mass is 240 g/mol. The number of nitrogens with one attached hydrogen (secondary N) is 1. The van der Waals surface area contributed by atoms with Crippen LogP contribution in [-0.4, -0.2) is 42.8 Å². The molecule has 2 aliphatic rings. The zero-order valence-corrected chi connectivity index (χ0v) is 11.1. The molecule has 0 spiro atoms. The molecule has 0 aromatic rings. The molecule has 3 unspecified atom stereocenters. The van der Waals surface area contributed by atoms with Crippen molar-refractivity contribution in [3.05, 3.63) is 0 Å².